The summed E-state index contributed by atoms with van der Waals surface area (Å²) in [6, 6.07) is 4.53. The molecular weight excluding hydrogens is 323 g/mol. The summed E-state index contributed by atoms with van der Waals surface area (Å²) in [5.41, 5.74) is 0.275. The van der Waals surface area contributed by atoms with Crippen molar-refractivity contribution in [2.45, 2.75) is 44.7 Å². The van der Waals surface area contributed by atoms with Crippen molar-refractivity contribution in [3.8, 4) is 0 Å². The van der Waals surface area contributed by atoms with E-state index in [4.69, 9.17) is 23.2 Å². The molecule has 1 atom stereocenters. The number of carbonyl (C=O) groups excluding carboxylic acids is 2. The van der Waals surface area contributed by atoms with Gasteiger partial charge in [-0.15, -0.1) is 0 Å². The summed E-state index contributed by atoms with van der Waals surface area (Å²) in [4.78, 5) is 26.4. The Hall–Kier alpha value is -1.26. The van der Waals surface area contributed by atoms with Crippen LogP contribution >= 0.6 is 23.2 Å². The van der Waals surface area contributed by atoms with Crippen LogP contribution in [-0.2, 0) is 4.79 Å². The first-order valence-corrected chi connectivity index (χ1v) is 8.19. The Bertz CT molecular complexity index is 571. The molecule has 1 saturated carbocycles. The maximum Gasteiger partial charge on any atom is 0.253 e. The molecule has 1 unspecified atom stereocenters. The van der Waals surface area contributed by atoms with Crippen LogP contribution in [0.4, 0.5) is 0 Å². The highest BCUT2D eigenvalue weighted by molar-refractivity contribution is 6.43. The number of hydrogen-bond acceptors (Lipinski definition) is 2. The standard InChI is InChI=1S/C16H20Cl2N2O2/c1-10(16(22)20(2)11-6-3-4-7-11)19-15(21)12-8-5-9-13(17)14(12)18/h5,8-11H,3-4,6-7H2,1-2H3,(H,19,21). The number of nitrogens with zero attached hydrogens (tertiary/aromatic N) is 1. The van der Waals surface area contributed by atoms with Crippen LogP contribution in [0, 0.1) is 0 Å². The zero-order valence-electron chi connectivity index (χ0n) is 12.7. The van der Waals surface area contributed by atoms with Crippen molar-refractivity contribution < 1.29 is 9.59 Å². The van der Waals surface area contributed by atoms with Gasteiger partial charge < -0.3 is 10.2 Å². The first-order valence-electron chi connectivity index (χ1n) is 7.43. The topological polar surface area (TPSA) is 49.4 Å². The van der Waals surface area contributed by atoms with Gasteiger partial charge in [-0.25, -0.2) is 0 Å². The lowest BCUT2D eigenvalue weighted by atomic mass is 10.1. The summed E-state index contributed by atoms with van der Waals surface area (Å²) < 4.78 is 0. The van der Waals surface area contributed by atoms with Crippen molar-refractivity contribution in [3.63, 3.8) is 0 Å². The molecule has 2 rings (SSSR count). The molecule has 0 aromatic heterocycles. The molecule has 1 aliphatic carbocycles. The molecule has 1 aromatic rings. The summed E-state index contributed by atoms with van der Waals surface area (Å²) in [7, 11) is 1.80. The van der Waals surface area contributed by atoms with Crippen LogP contribution in [0.2, 0.25) is 10.0 Å². The van der Waals surface area contributed by atoms with Gasteiger partial charge in [-0.3, -0.25) is 9.59 Å². The van der Waals surface area contributed by atoms with E-state index in [2.05, 4.69) is 5.32 Å². The predicted molar refractivity (Wildman–Crippen MR) is 88.4 cm³/mol. The number of halogens is 2. The molecule has 1 fully saturated rings. The molecule has 120 valence electrons. The first kappa shape index (κ1) is 17.1. The summed E-state index contributed by atoms with van der Waals surface area (Å²) in [6.45, 7) is 1.68. The van der Waals surface area contributed by atoms with E-state index < -0.39 is 11.9 Å². The summed E-state index contributed by atoms with van der Waals surface area (Å²) in [6.07, 6.45) is 4.37. The number of benzene rings is 1. The molecule has 0 bridgehead atoms. The van der Waals surface area contributed by atoms with E-state index in [0.717, 1.165) is 25.7 Å². The van der Waals surface area contributed by atoms with Crippen LogP contribution in [0.1, 0.15) is 43.0 Å². The Labute approximate surface area is 140 Å². The SMILES string of the molecule is CC(NC(=O)c1cccc(Cl)c1Cl)C(=O)N(C)C1CCCC1. The van der Waals surface area contributed by atoms with Gasteiger partial charge in [0.25, 0.3) is 5.91 Å². The zero-order chi connectivity index (χ0) is 16.3. The minimum Gasteiger partial charge on any atom is -0.341 e. The first-order chi connectivity index (χ1) is 10.4. The number of likely N-dealkylation sites (N-methyl/N-ethyl adjacent to an activating group) is 1. The van der Waals surface area contributed by atoms with E-state index >= 15 is 0 Å². The molecule has 0 saturated heterocycles. The molecule has 1 aromatic carbocycles. The van der Waals surface area contributed by atoms with Crippen LogP contribution in [-0.4, -0.2) is 35.8 Å². The fourth-order valence-electron chi connectivity index (χ4n) is 2.79. The van der Waals surface area contributed by atoms with Crippen LogP contribution < -0.4 is 5.32 Å². The molecule has 1 N–H and O–H groups in total. The Morgan fingerprint density at radius 2 is 1.91 bits per heavy atom. The third-order valence-electron chi connectivity index (χ3n) is 4.13. The van der Waals surface area contributed by atoms with E-state index in [9.17, 15) is 9.59 Å². The van der Waals surface area contributed by atoms with Gasteiger partial charge in [0.15, 0.2) is 0 Å². The average Bonchev–Trinajstić information content (AvgIpc) is 3.02. The molecule has 2 amide bonds. The average molecular weight is 343 g/mol. The highest BCUT2D eigenvalue weighted by atomic mass is 35.5. The van der Waals surface area contributed by atoms with Gasteiger partial charge >= 0.3 is 0 Å². The molecule has 1 aliphatic rings. The second kappa shape index (κ2) is 7.34. The lowest BCUT2D eigenvalue weighted by molar-refractivity contribution is -0.133. The minimum atomic E-state index is -0.604. The van der Waals surface area contributed by atoms with E-state index in [1.165, 1.54) is 0 Å². The van der Waals surface area contributed by atoms with Crippen LogP contribution in [0.25, 0.3) is 0 Å². The van der Waals surface area contributed by atoms with Gasteiger partial charge in [-0.05, 0) is 31.9 Å². The summed E-state index contributed by atoms with van der Waals surface area (Å²) in [5, 5.41) is 3.21. The monoisotopic (exact) mass is 342 g/mol. The third-order valence-corrected chi connectivity index (χ3v) is 4.95. The number of nitrogens with one attached hydrogen (secondary N) is 1. The molecule has 0 radical (unpaired) electrons. The molecular formula is C16H20Cl2N2O2. The molecule has 0 spiro atoms. The van der Waals surface area contributed by atoms with Gasteiger partial charge in [0.05, 0.1) is 15.6 Å². The zero-order valence-corrected chi connectivity index (χ0v) is 14.2. The highest BCUT2D eigenvalue weighted by Crippen LogP contribution is 2.26. The number of hydrogen-bond donors (Lipinski definition) is 1. The second-order valence-electron chi connectivity index (χ2n) is 5.68. The fourth-order valence-corrected chi connectivity index (χ4v) is 3.18. The normalized spacial score (nSPS) is 16.4. The Balaban J connectivity index is 2.01. The third kappa shape index (κ3) is 3.73. The van der Waals surface area contributed by atoms with Gasteiger partial charge in [0.2, 0.25) is 5.91 Å². The Morgan fingerprint density at radius 3 is 2.55 bits per heavy atom. The van der Waals surface area contributed by atoms with Crippen molar-refractivity contribution in [2.24, 2.45) is 0 Å². The molecule has 22 heavy (non-hydrogen) atoms. The largest absolute Gasteiger partial charge is 0.341 e. The Kier molecular flexibility index (Phi) is 5.70. The van der Waals surface area contributed by atoms with Gasteiger partial charge in [0, 0.05) is 13.1 Å². The lowest BCUT2D eigenvalue weighted by Gasteiger charge is -2.27. The van der Waals surface area contributed by atoms with Crippen molar-refractivity contribution in [1.82, 2.24) is 10.2 Å². The predicted octanol–water partition coefficient (Wildman–Crippen LogP) is 3.51. The molecule has 4 nitrogen and oxygen atoms in total. The second-order valence-corrected chi connectivity index (χ2v) is 6.47. The molecule has 0 heterocycles. The smallest absolute Gasteiger partial charge is 0.253 e. The fraction of sp³-hybridized carbons (Fsp3) is 0.500. The van der Waals surface area contributed by atoms with Gasteiger partial charge in [-0.2, -0.15) is 0 Å². The van der Waals surface area contributed by atoms with Crippen molar-refractivity contribution in [1.29, 1.82) is 0 Å². The summed E-state index contributed by atoms with van der Waals surface area (Å²) in [5.74, 6) is -0.480. The lowest BCUT2D eigenvalue weighted by Crippen LogP contribution is -2.48. The Morgan fingerprint density at radius 1 is 1.27 bits per heavy atom. The minimum absolute atomic E-state index is 0.0848. The van der Waals surface area contributed by atoms with E-state index in [1.54, 1.807) is 37.1 Å². The van der Waals surface area contributed by atoms with E-state index in [0.29, 0.717) is 5.02 Å². The molecule has 0 aliphatic heterocycles. The van der Waals surface area contributed by atoms with Crippen molar-refractivity contribution >= 4 is 35.0 Å². The van der Waals surface area contributed by atoms with Crippen LogP contribution in [0.3, 0.4) is 0 Å². The van der Waals surface area contributed by atoms with E-state index in [-0.39, 0.29) is 22.5 Å². The molecule has 6 heteroatoms. The van der Waals surface area contributed by atoms with Crippen LogP contribution in [0.5, 0.6) is 0 Å². The van der Waals surface area contributed by atoms with E-state index in [1.807, 2.05) is 0 Å². The van der Waals surface area contributed by atoms with Gasteiger partial charge in [-0.1, -0.05) is 42.1 Å². The van der Waals surface area contributed by atoms with Gasteiger partial charge in [0.1, 0.15) is 6.04 Å². The van der Waals surface area contributed by atoms with Crippen molar-refractivity contribution in [2.75, 3.05) is 7.05 Å². The summed E-state index contributed by atoms with van der Waals surface area (Å²) >= 11 is 11.9. The quantitative estimate of drug-likeness (QED) is 0.909. The maximum absolute atomic E-state index is 12.4. The van der Waals surface area contributed by atoms with Crippen molar-refractivity contribution in [3.05, 3.63) is 33.8 Å². The van der Waals surface area contributed by atoms with Crippen LogP contribution in [0.15, 0.2) is 18.2 Å². The number of rotatable bonds is 4. The highest BCUT2D eigenvalue weighted by Gasteiger charge is 2.27. The number of amides is 2. The number of carbonyl (C=O) groups is 2. The maximum atomic E-state index is 12.4.